The van der Waals surface area contributed by atoms with Gasteiger partial charge in [0.15, 0.2) is 5.82 Å². The molecule has 5 N–H and O–H groups in total. The first-order chi connectivity index (χ1) is 37.0. The van der Waals surface area contributed by atoms with Crippen molar-refractivity contribution in [2.45, 2.75) is 99.3 Å². The maximum Gasteiger partial charge on any atom is 0.254 e. The summed E-state index contributed by atoms with van der Waals surface area (Å²) < 4.78 is 30.6. The fraction of sp³-hybridized carbons (Fsp3) is 0.429. The van der Waals surface area contributed by atoms with Gasteiger partial charge >= 0.3 is 0 Å². The number of fused-ring (bicyclic) bond motifs is 4. The van der Waals surface area contributed by atoms with E-state index in [1.807, 2.05) is 92.0 Å². The van der Waals surface area contributed by atoms with Gasteiger partial charge in [-0.05, 0) is 148 Å². The maximum atomic E-state index is 13.1. The van der Waals surface area contributed by atoms with Crippen molar-refractivity contribution >= 4 is 62.6 Å². The standard InChI is InChI=1S/C31H40FN5O2.C27H31N5O2.C5H12/c1-21(9-11-33)18-37-30(15-25-7-8-28(39-6)16-31(25)37)23(3)36(5)29-14-24(26(20-38)13-22(29)2)10-12-35(4)19-27(34)17-32;1-16(28)14-31-9-8-18-10-24-22(13-21(18)27(31)33)29-26(30(24)2)25-11-19-6-7-20(34-3)12-23(19)32(25)15-17-4-5-17;1-5(2,3)4/h7-9,11,13-16,20,27,33H,3,10,12,17-19,34H2,1-2,4-6H3;6-7,10-13,16-17H,4-5,8-9,14-15,28H2,1-3H3;1-4H3/b21-9+,33-11?;;. The molecule has 416 valence electrons. The lowest BCUT2D eigenvalue weighted by molar-refractivity contribution is 0.0732. The summed E-state index contributed by atoms with van der Waals surface area (Å²) in [6.07, 6.45) is 7.99. The topological polar surface area (TPSA) is 166 Å². The lowest BCUT2D eigenvalue weighted by Gasteiger charge is -2.29. The normalized spacial score (nSPS) is 14.4. The first-order valence-corrected chi connectivity index (χ1v) is 27.1. The molecule has 4 heterocycles. The third-order valence-electron chi connectivity index (χ3n) is 14.3. The summed E-state index contributed by atoms with van der Waals surface area (Å²) in [4.78, 5) is 36.0. The molecule has 2 unspecified atom stereocenters. The van der Waals surface area contributed by atoms with Crippen LogP contribution in [0.2, 0.25) is 0 Å². The van der Waals surface area contributed by atoms with Crippen LogP contribution in [0.15, 0.2) is 91.0 Å². The molecule has 1 aliphatic carbocycles. The number of halogens is 1. The van der Waals surface area contributed by atoms with Gasteiger partial charge in [0.05, 0.1) is 53.4 Å². The smallest absolute Gasteiger partial charge is 0.254 e. The number of hydrogen-bond acceptors (Lipinski definition) is 10. The van der Waals surface area contributed by atoms with Crippen molar-refractivity contribution in [1.29, 1.82) is 5.41 Å². The predicted octanol–water partition coefficient (Wildman–Crippen LogP) is 11.3. The van der Waals surface area contributed by atoms with Gasteiger partial charge in [0, 0.05) is 111 Å². The Bertz CT molecular complexity index is 3330. The van der Waals surface area contributed by atoms with E-state index in [4.69, 9.17) is 31.3 Å². The number of likely N-dealkylation sites (N-methyl/N-ethyl adjacent to an activating group) is 1. The minimum Gasteiger partial charge on any atom is -0.497 e. The van der Waals surface area contributed by atoms with Crippen LogP contribution < -0.4 is 25.8 Å². The van der Waals surface area contributed by atoms with Gasteiger partial charge in [-0.15, -0.1) is 0 Å². The molecule has 0 spiro atoms. The molecule has 78 heavy (non-hydrogen) atoms. The summed E-state index contributed by atoms with van der Waals surface area (Å²) in [5.41, 5.74) is 25.5. The van der Waals surface area contributed by atoms with Crippen LogP contribution in [-0.4, -0.2) is 120 Å². The monoisotopic (exact) mass is 1060 g/mol. The van der Waals surface area contributed by atoms with E-state index in [2.05, 4.69) is 85.4 Å². The van der Waals surface area contributed by atoms with Crippen LogP contribution in [-0.2, 0) is 33.0 Å². The molecule has 1 amide bonds. The Balaban J connectivity index is 0.000000209. The second-order valence-electron chi connectivity index (χ2n) is 23.1. The highest BCUT2D eigenvalue weighted by molar-refractivity contribution is 6.01. The zero-order valence-electron chi connectivity index (χ0n) is 48.2. The molecule has 15 heteroatoms. The van der Waals surface area contributed by atoms with Crippen molar-refractivity contribution < 1.29 is 23.5 Å². The molecule has 7 aromatic rings. The number of methoxy groups -OCH3 is 2. The van der Waals surface area contributed by atoms with Gasteiger partial charge in [-0.3, -0.25) is 9.59 Å². The van der Waals surface area contributed by atoms with Gasteiger partial charge < -0.3 is 54.8 Å². The number of aromatic nitrogens is 4. The number of imidazole rings is 1. The van der Waals surface area contributed by atoms with Crippen molar-refractivity contribution in [3.05, 3.63) is 125 Å². The first-order valence-electron chi connectivity index (χ1n) is 27.1. The molecular formula is C63H83FN10O4. The molecule has 1 aliphatic heterocycles. The number of alkyl halides is 1. The molecule has 2 atom stereocenters. The molecule has 3 aromatic heterocycles. The number of rotatable bonds is 20. The summed E-state index contributed by atoms with van der Waals surface area (Å²) in [7, 11) is 9.31. The maximum absolute atomic E-state index is 13.1. The van der Waals surface area contributed by atoms with Crippen molar-refractivity contribution in [2.24, 2.45) is 29.8 Å². The Morgan fingerprint density at radius 3 is 2.18 bits per heavy atom. The summed E-state index contributed by atoms with van der Waals surface area (Å²) >= 11 is 0. The number of hydrogen-bond donors (Lipinski definition) is 3. The molecule has 0 bridgehead atoms. The number of benzene rings is 4. The molecule has 4 aromatic carbocycles. The number of carbonyl (C=O) groups excluding carboxylic acids is 2. The van der Waals surface area contributed by atoms with E-state index in [1.165, 1.54) is 30.0 Å². The second kappa shape index (κ2) is 25.2. The molecule has 14 nitrogen and oxygen atoms in total. The fourth-order valence-electron chi connectivity index (χ4n) is 10.1. The van der Waals surface area contributed by atoms with Crippen molar-refractivity contribution in [3.8, 4) is 23.0 Å². The minimum absolute atomic E-state index is 0.0392. The van der Waals surface area contributed by atoms with Gasteiger partial charge in [0.2, 0.25) is 0 Å². The molecule has 1 fully saturated rings. The zero-order valence-corrected chi connectivity index (χ0v) is 48.2. The highest BCUT2D eigenvalue weighted by atomic mass is 19.1. The Labute approximate surface area is 461 Å². The fourth-order valence-corrected chi connectivity index (χ4v) is 10.1. The number of amides is 1. The van der Waals surface area contributed by atoms with Gasteiger partial charge in [-0.2, -0.15) is 0 Å². The van der Waals surface area contributed by atoms with Gasteiger partial charge in [-0.1, -0.05) is 39.8 Å². The van der Waals surface area contributed by atoms with Gasteiger partial charge in [0.1, 0.15) is 24.5 Å². The van der Waals surface area contributed by atoms with Crippen molar-refractivity contribution in [2.75, 3.05) is 66.1 Å². The van der Waals surface area contributed by atoms with Crippen molar-refractivity contribution in [3.63, 3.8) is 0 Å². The van der Waals surface area contributed by atoms with E-state index in [1.54, 1.807) is 20.3 Å². The number of nitrogens with zero attached hydrogens (tertiary/aromatic N) is 7. The molecular weight excluding hydrogens is 980 g/mol. The Kier molecular flexibility index (Phi) is 18.9. The van der Waals surface area contributed by atoms with E-state index in [9.17, 15) is 14.0 Å². The predicted molar refractivity (Wildman–Crippen MR) is 319 cm³/mol. The Morgan fingerprint density at radius 1 is 0.949 bits per heavy atom. The van der Waals surface area contributed by atoms with Gasteiger partial charge in [0.25, 0.3) is 5.91 Å². The first kappa shape index (κ1) is 58.6. The lowest BCUT2D eigenvalue weighted by atomic mass is 9.97. The summed E-state index contributed by atoms with van der Waals surface area (Å²) in [6.45, 7) is 22.5. The molecule has 1 saturated carbocycles. The third kappa shape index (κ3) is 14.0. The van der Waals surface area contributed by atoms with Crippen LogP contribution >= 0.6 is 0 Å². The van der Waals surface area contributed by atoms with Crippen LogP contribution in [0.4, 0.5) is 10.1 Å². The Morgan fingerprint density at radius 2 is 1.59 bits per heavy atom. The molecule has 0 radical (unpaired) electrons. The number of aryl methyl sites for hydroxylation is 2. The van der Waals surface area contributed by atoms with E-state index >= 15 is 0 Å². The van der Waals surface area contributed by atoms with Crippen LogP contribution in [0, 0.1) is 23.7 Å². The number of nitrogens with one attached hydrogen (secondary N) is 1. The summed E-state index contributed by atoms with van der Waals surface area (Å²) in [5.74, 6) is 3.33. The average Bonchev–Trinajstić information content (AvgIpc) is 3.98. The Hall–Kier alpha value is -7.07. The van der Waals surface area contributed by atoms with Crippen LogP contribution in [0.3, 0.4) is 0 Å². The number of aldehydes is 1. The quantitative estimate of drug-likeness (QED) is 0.0497. The lowest BCUT2D eigenvalue weighted by Crippen LogP contribution is -2.43. The molecule has 0 saturated heterocycles. The van der Waals surface area contributed by atoms with Crippen LogP contribution in [0.1, 0.15) is 97.5 Å². The zero-order chi connectivity index (χ0) is 56.7. The second-order valence-corrected chi connectivity index (χ2v) is 23.1. The number of allylic oxidation sites excluding steroid dienone is 2. The van der Waals surface area contributed by atoms with Crippen LogP contribution in [0.25, 0.3) is 50.1 Å². The minimum atomic E-state index is -0.564. The largest absolute Gasteiger partial charge is 0.497 e. The number of carbonyl (C=O) groups is 2. The number of anilines is 1. The molecule has 2 aliphatic rings. The third-order valence-corrected chi connectivity index (χ3v) is 14.3. The summed E-state index contributed by atoms with van der Waals surface area (Å²) in [6, 6.07) is 24.1. The van der Waals surface area contributed by atoms with E-state index in [-0.39, 0.29) is 11.9 Å². The average molecular weight is 1060 g/mol. The van der Waals surface area contributed by atoms with Crippen LogP contribution in [0.5, 0.6) is 11.5 Å². The SMILES string of the molecule is C=C(c1cc2ccc(OC)cc2n1C/C(C)=C/C=N)N(C)c1cc(CCN(C)CC(N)CF)c(C=O)cc1C.CC(C)(C)C.COc1ccc2cc(-c3nc4cc5c(cc4n3C)CCN(CC(C)N)C5=O)n(CC3CC3)c2c1. The van der Waals surface area contributed by atoms with E-state index in [0.29, 0.717) is 50.1 Å². The van der Waals surface area contributed by atoms with Crippen molar-refractivity contribution in [1.82, 2.24) is 28.5 Å². The molecule has 9 rings (SSSR count). The summed E-state index contributed by atoms with van der Waals surface area (Å²) in [5, 5.41) is 9.73. The van der Waals surface area contributed by atoms with E-state index < -0.39 is 12.7 Å². The highest BCUT2D eigenvalue weighted by Gasteiger charge is 2.29. The number of ether oxygens (including phenoxy) is 2. The van der Waals surface area contributed by atoms with Gasteiger partial charge in [-0.25, -0.2) is 9.37 Å². The van der Waals surface area contributed by atoms with E-state index in [0.717, 1.165) is 115 Å². The highest BCUT2D eigenvalue weighted by Crippen LogP contribution is 2.39. The number of nitrogens with two attached hydrogens (primary N) is 2.